The van der Waals surface area contributed by atoms with E-state index in [0.29, 0.717) is 0 Å². The molecule has 0 radical (unpaired) electrons. The largest absolute Gasteiger partial charge is 0.360 e. The minimum Gasteiger partial charge on any atom is -0.360 e. The van der Waals surface area contributed by atoms with Crippen LogP contribution in [-0.2, 0) is 0 Å². The molecule has 6 rings (SSSR count). The average Bonchev–Trinajstić information content (AvgIpc) is 3.42. The van der Waals surface area contributed by atoms with Crippen LogP contribution in [0.25, 0.3) is 55.2 Å². The van der Waals surface area contributed by atoms with E-state index in [4.69, 9.17) is 0 Å². The normalized spacial score (nSPS) is 11.7. The van der Waals surface area contributed by atoms with Gasteiger partial charge in [-0.15, -0.1) is 0 Å². The predicted molar refractivity (Wildman–Crippen MR) is 113 cm³/mol. The van der Waals surface area contributed by atoms with Gasteiger partial charge in [0, 0.05) is 55.9 Å². The van der Waals surface area contributed by atoms with Crippen molar-refractivity contribution in [3.8, 4) is 22.5 Å². The number of hydrogen-bond donors (Lipinski definition) is 3. The molecule has 0 unspecified atom stereocenters. The van der Waals surface area contributed by atoms with Crippen LogP contribution >= 0.6 is 0 Å². The standard InChI is InChI=1S/C24H17N3/c1-3-7-20-15(5-1)12-23(26-20)17-9-10-22-18(11-17)19(14-25-22)24-13-16-6-2-4-8-21(16)27-24/h1-14,25-27H. The van der Waals surface area contributed by atoms with E-state index in [-0.39, 0.29) is 0 Å². The molecule has 3 aromatic carbocycles. The van der Waals surface area contributed by atoms with Crippen molar-refractivity contribution in [1.29, 1.82) is 0 Å². The monoisotopic (exact) mass is 347 g/mol. The smallest absolute Gasteiger partial charge is 0.0486 e. The van der Waals surface area contributed by atoms with Crippen LogP contribution in [0.1, 0.15) is 0 Å². The van der Waals surface area contributed by atoms with Gasteiger partial charge in [-0.25, -0.2) is 0 Å². The van der Waals surface area contributed by atoms with E-state index < -0.39 is 0 Å². The maximum Gasteiger partial charge on any atom is 0.0486 e. The number of para-hydroxylation sites is 2. The summed E-state index contributed by atoms with van der Waals surface area (Å²) in [6, 6.07) is 27.8. The molecule has 0 spiro atoms. The lowest BCUT2D eigenvalue weighted by Crippen LogP contribution is -1.79. The molecule has 128 valence electrons. The van der Waals surface area contributed by atoms with Gasteiger partial charge in [0.25, 0.3) is 0 Å². The van der Waals surface area contributed by atoms with Crippen LogP contribution in [0, 0.1) is 0 Å². The molecule has 0 aliphatic heterocycles. The molecule has 0 aliphatic rings. The molecule has 3 N–H and O–H groups in total. The fraction of sp³-hybridized carbons (Fsp3) is 0. The Morgan fingerprint density at radius 1 is 0.556 bits per heavy atom. The van der Waals surface area contributed by atoms with Crippen LogP contribution in [0.3, 0.4) is 0 Å². The molecule has 0 fully saturated rings. The second kappa shape index (κ2) is 5.39. The molecule has 0 aliphatic carbocycles. The Kier molecular flexibility index (Phi) is 2.88. The Morgan fingerprint density at radius 3 is 1.96 bits per heavy atom. The molecule has 0 amide bonds. The van der Waals surface area contributed by atoms with E-state index >= 15 is 0 Å². The number of fused-ring (bicyclic) bond motifs is 3. The summed E-state index contributed by atoms with van der Waals surface area (Å²) in [6.07, 6.45) is 2.09. The molecule has 0 bridgehead atoms. The van der Waals surface area contributed by atoms with E-state index in [1.807, 2.05) is 0 Å². The highest BCUT2D eigenvalue weighted by molar-refractivity contribution is 6.00. The van der Waals surface area contributed by atoms with Crippen molar-refractivity contribution >= 4 is 32.7 Å². The quantitative estimate of drug-likeness (QED) is 0.322. The number of benzene rings is 3. The number of aromatic nitrogens is 3. The fourth-order valence-corrected chi connectivity index (χ4v) is 3.96. The van der Waals surface area contributed by atoms with Gasteiger partial charge in [-0.05, 0) is 42.0 Å². The van der Waals surface area contributed by atoms with Crippen molar-refractivity contribution < 1.29 is 0 Å². The van der Waals surface area contributed by atoms with E-state index in [9.17, 15) is 0 Å². The van der Waals surface area contributed by atoms with Gasteiger partial charge in [0.15, 0.2) is 0 Å². The summed E-state index contributed by atoms with van der Waals surface area (Å²) in [6.45, 7) is 0. The maximum absolute atomic E-state index is 3.54. The van der Waals surface area contributed by atoms with Gasteiger partial charge >= 0.3 is 0 Å². The van der Waals surface area contributed by atoms with E-state index in [2.05, 4.69) is 100 Å². The summed E-state index contributed by atoms with van der Waals surface area (Å²) in [5, 5.41) is 3.68. The summed E-state index contributed by atoms with van der Waals surface area (Å²) in [5.41, 5.74) is 8.13. The molecule has 6 aromatic rings. The molecule has 0 atom stereocenters. The lowest BCUT2D eigenvalue weighted by atomic mass is 10.1. The molecular formula is C24H17N3. The van der Waals surface area contributed by atoms with Crippen LogP contribution in [0.15, 0.2) is 85.1 Å². The number of nitrogens with one attached hydrogen (secondary N) is 3. The van der Waals surface area contributed by atoms with E-state index in [1.165, 1.54) is 27.3 Å². The first kappa shape index (κ1) is 14.4. The topological polar surface area (TPSA) is 47.4 Å². The summed E-state index contributed by atoms with van der Waals surface area (Å²) >= 11 is 0. The first-order chi connectivity index (χ1) is 13.3. The lowest BCUT2D eigenvalue weighted by Gasteiger charge is -2.01. The second-order valence-corrected chi connectivity index (χ2v) is 7.00. The Bertz CT molecular complexity index is 1360. The highest BCUT2D eigenvalue weighted by Crippen LogP contribution is 2.33. The molecule has 3 aromatic heterocycles. The van der Waals surface area contributed by atoms with Crippen LogP contribution in [-0.4, -0.2) is 15.0 Å². The average molecular weight is 347 g/mol. The maximum atomic E-state index is 3.54. The zero-order valence-electron chi connectivity index (χ0n) is 14.6. The minimum absolute atomic E-state index is 1.14. The molecule has 3 heterocycles. The van der Waals surface area contributed by atoms with Crippen molar-refractivity contribution in [2.24, 2.45) is 0 Å². The first-order valence-electron chi connectivity index (χ1n) is 9.12. The zero-order valence-corrected chi connectivity index (χ0v) is 14.6. The minimum atomic E-state index is 1.14. The molecule has 27 heavy (non-hydrogen) atoms. The summed E-state index contributed by atoms with van der Waals surface area (Å²) in [5.74, 6) is 0. The van der Waals surface area contributed by atoms with Crippen LogP contribution in [0.4, 0.5) is 0 Å². The van der Waals surface area contributed by atoms with Gasteiger partial charge in [0.05, 0.1) is 0 Å². The van der Waals surface area contributed by atoms with Gasteiger partial charge in [-0.2, -0.15) is 0 Å². The molecule has 3 heteroatoms. The number of H-pyrrole nitrogens is 3. The highest BCUT2D eigenvalue weighted by atomic mass is 14.7. The predicted octanol–water partition coefficient (Wildman–Crippen LogP) is 6.46. The van der Waals surface area contributed by atoms with Crippen molar-refractivity contribution in [3.63, 3.8) is 0 Å². The first-order valence-corrected chi connectivity index (χ1v) is 9.12. The number of rotatable bonds is 2. The van der Waals surface area contributed by atoms with Crippen molar-refractivity contribution in [3.05, 3.63) is 85.1 Å². The Hall–Kier alpha value is -3.72. The Balaban J connectivity index is 1.54. The van der Waals surface area contributed by atoms with Crippen LogP contribution in [0.2, 0.25) is 0 Å². The molecule has 3 nitrogen and oxygen atoms in total. The molecule has 0 saturated carbocycles. The van der Waals surface area contributed by atoms with Crippen molar-refractivity contribution in [2.75, 3.05) is 0 Å². The van der Waals surface area contributed by atoms with Gasteiger partial charge < -0.3 is 15.0 Å². The van der Waals surface area contributed by atoms with Crippen molar-refractivity contribution in [2.45, 2.75) is 0 Å². The van der Waals surface area contributed by atoms with Gasteiger partial charge in [0.2, 0.25) is 0 Å². The van der Waals surface area contributed by atoms with E-state index in [0.717, 1.165) is 27.9 Å². The third-order valence-electron chi connectivity index (χ3n) is 5.34. The highest BCUT2D eigenvalue weighted by Gasteiger charge is 2.11. The van der Waals surface area contributed by atoms with Gasteiger partial charge in [-0.1, -0.05) is 42.5 Å². The second-order valence-electron chi connectivity index (χ2n) is 7.00. The third kappa shape index (κ3) is 2.22. The van der Waals surface area contributed by atoms with Gasteiger partial charge in [0.1, 0.15) is 0 Å². The fourth-order valence-electron chi connectivity index (χ4n) is 3.96. The summed E-state index contributed by atoms with van der Waals surface area (Å²) < 4.78 is 0. The third-order valence-corrected chi connectivity index (χ3v) is 5.34. The SMILES string of the molecule is c1ccc2[nH]c(-c3ccc4[nH]cc(-c5cc6ccccc6[nH]5)c4c3)cc2c1. The Morgan fingerprint density at radius 2 is 1.22 bits per heavy atom. The van der Waals surface area contributed by atoms with E-state index in [1.54, 1.807) is 0 Å². The lowest BCUT2D eigenvalue weighted by molar-refractivity contribution is 1.43. The number of hydrogen-bond acceptors (Lipinski definition) is 0. The zero-order chi connectivity index (χ0) is 17.8. The van der Waals surface area contributed by atoms with Crippen molar-refractivity contribution in [1.82, 2.24) is 15.0 Å². The Labute approximate surface area is 155 Å². The summed E-state index contributed by atoms with van der Waals surface area (Å²) in [7, 11) is 0. The van der Waals surface area contributed by atoms with Crippen LogP contribution < -0.4 is 0 Å². The summed E-state index contributed by atoms with van der Waals surface area (Å²) in [4.78, 5) is 10.5. The van der Waals surface area contributed by atoms with Crippen LogP contribution in [0.5, 0.6) is 0 Å². The molecule has 0 saturated heterocycles. The molecular weight excluding hydrogens is 330 g/mol. The van der Waals surface area contributed by atoms with Gasteiger partial charge in [-0.3, -0.25) is 0 Å². The number of aromatic amines is 3.